The SMILES string of the molecule is C[C@H](CN(CC[NH+]1CCOCC1)C(=O)c1ccccn1)NC(=O)OC(C)(C)C. The van der Waals surface area contributed by atoms with Crippen LogP contribution < -0.4 is 10.2 Å². The smallest absolute Gasteiger partial charge is 0.407 e. The zero-order valence-electron chi connectivity index (χ0n) is 17.4. The van der Waals surface area contributed by atoms with Crippen LogP contribution in [0.15, 0.2) is 24.4 Å². The fourth-order valence-electron chi connectivity index (χ4n) is 3.02. The summed E-state index contributed by atoms with van der Waals surface area (Å²) in [6.45, 7) is 12.5. The number of nitrogens with one attached hydrogen (secondary N) is 2. The molecule has 8 nitrogen and oxygen atoms in total. The van der Waals surface area contributed by atoms with Crippen molar-refractivity contribution in [2.24, 2.45) is 0 Å². The van der Waals surface area contributed by atoms with Crippen molar-refractivity contribution in [3.05, 3.63) is 30.1 Å². The van der Waals surface area contributed by atoms with E-state index < -0.39 is 11.7 Å². The summed E-state index contributed by atoms with van der Waals surface area (Å²) in [5.41, 5.74) is -0.156. The molecule has 0 aromatic carbocycles. The normalized spacial score (nSPS) is 16.3. The molecule has 8 heteroatoms. The third-order valence-electron chi connectivity index (χ3n) is 4.36. The molecule has 0 radical (unpaired) electrons. The van der Waals surface area contributed by atoms with Gasteiger partial charge in [0.1, 0.15) is 24.4 Å². The van der Waals surface area contributed by atoms with Gasteiger partial charge in [0, 0.05) is 18.8 Å². The number of morpholine rings is 1. The Bertz CT molecular complexity index is 627. The molecule has 1 fully saturated rings. The number of aromatic nitrogens is 1. The summed E-state index contributed by atoms with van der Waals surface area (Å²) < 4.78 is 10.7. The first-order chi connectivity index (χ1) is 13.2. The van der Waals surface area contributed by atoms with Crippen LogP contribution in [-0.4, -0.2) is 79.5 Å². The summed E-state index contributed by atoms with van der Waals surface area (Å²) >= 11 is 0. The van der Waals surface area contributed by atoms with Crippen LogP contribution in [-0.2, 0) is 9.47 Å². The number of rotatable bonds is 7. The number of pyridine rings is 1. The van der Waals surface area contributed by atoms with Crippen molar-refractivity contribution in [1.29, 1.82) is 0 Å². The van der Waals surface area contributed by atoms with Gasteiger partial charge in [-0.15, -0.1) is 0 Å². The highest BCUT2D eigenvalue weighted by Gasteiger charge is 2.24. The van der Waals surface area contributed by atoms with E-state index in [-0.39, 0.29) is 11.9 Å². The maximum Gasteiger partial charge on any atom is 0.407 e. The highest BCUT2D eigenvalue weighted by Crippen LogP contribution is 2.07. The molecule has 0 bridgehead atoms. The number of carbonyl (C=O) groups is 2. The van der Waals surface area contributed by atoms with E-state index in [1.54, 1.807) is 29.3 Å². The Labute approximate surface area is 167 Å². The van der Waals surface area contributed by atoms with Gasteiger partial charge in [0.05, 0.1) is 26.3 Å². The summed E-state index contributed by atoms with van der Waals surface area (Å²) in [6, 6.07) is 5.05. The zero-order valence-corrected chi connectivity index (χ0v) is 17.4. The van der Waals surface area contributed by atoms with Crippen LogP contribution in [0.2, 0.25) is 0 Å². The first-order valence-electron chi connectivity index (χ1n) is 9.86. The van der Waals surface area contributed by atoms with Gasteiger partial charge in [-0.05, 0) is 39.8 Å². The molecule has 0 aliphatic carbocycles. The average Bonchev–Trinajstić information content (AvgIpc) is 2.64. The minimum atomic E-state index is -0.563. The molecule has 2 heterocycles. The average molecular weight is 394 g/mol. The van der Waals surface area contributed by atoms with Crippen LogP contribution in [0.4, 0.5) is 4.79 Å². The van der Waals surface area contributed by atoms with Gasteiger partial charge in [-0.25, -0.2) is 4.79 Å². The van der Waals surface area contributed by atoms with Gasteiger partial charge in [0.15, 0.2) is 0 Å². The number of hydrogen-bond donors (Lipinski definition) is 2. The largest absolute Gasteiger partial charge is 0.444 e. The Morgan fingerprint density at radius 2 is 2.04 bits per heavy atom. The Balaban J connectivity index is 1.98. The summed E-state index contributed by atoms with van der Waals surface area (Å²) in [5, 5.41) is 2.81. The lowest BCUT2D eigenvalue weighted by Crippen LogP contribution is -3.14. The molecular weight excluding hydrogens is 360 g/mol. The first kappa shape index (κ1) is 22.1. The molecule has 2 rings (SSSR count). The van der Waals surface area contributed by atoms with Gasteiger partial charge >= 0.3 is 6.09 Å². The maximum absolute atomic E-state index is 13.0. The van der Waals surface area contributed by atoms with Crippen molar-refractivity contribution in [1.82, 2.24) is 15.2 Å². The van der Waals surface area contributed by atoms with Crippen LogP contribution in [0.3, 0.4) is 0 Å². The molecule has 1 aliphatic rings. The molecule has 1 saturated heterocycles. The van der Waals surface area contributed by atoms with Gasteiger partial charge in [-0.1, -0.05) is 6.07 Å². The molecule has 0 saturated carbocycles. The number of quaternary nitrogens is 1. The van der Waals surface area contributed by atoms with E-state index in [0.29, 0.717) is 18.8 Å². The first-order valence-corrected chi connectivity index (χ1v) is 9.86. The van der Waals surface area contributed by atoms with Crippen LogP contribution in [0.1, 0.15) is 38.2 Å². The van der Waals surface area contributed by atoms with Crippen molar-refractivity contribution >= 4 is 12.0 Å². The summed E-state index contributed by atoms with van der Waals surface area (Å²) in [5.74, 6) is -0.133. The predicted molar refractivity (Wildman–Crippen MR) is 105 cm³/mol. The summed E-state index contributed by atoms with van der Waals surface area (Å²) in [7, 11) is 0. The summed E-state index contributed by atoms with van der Waals surface area (Å²) in [4.78, 5) is 32.3. The van der Waals surface area contributed by atoms with Crippen LogP contribution in [0.25, 0.3) is 0 Å². The molecule has 1 aromatic heterocycles. The molecule has 156 valence electrons. The maximum atomic E-state index is 13.0. The van der Waals surface area contributed by atoms with Gasteiger partial charge < -0.3 is 24.6 Å². The van der Waals surface area contributed by atoms with Gasteiger partial charge in [0.2, 0.25) is 0 Å². The number of alkyl carbamates (subject to hydrolysis) is 1. The summed E-state index contributed by atoms with van der Waals surface area (Å²) in [6.07, 6.45) is 1.13. The van der Waals surface area contributed by atoms with Gasteiger partial charge in [0.25, 0.3) is 5.91 Å². The van der Waals surface area contributed by atoms with E-state index in [2.05, 4.69) is 10.3 Å². The molecule has 1 atom stereocenters. The number of hydrogen-bond acceptors (Lipinski definition) is 5. The molecule has 1 aliphatic heterocycles. The Kier molecular flexibility index (Phi) is 8.19. The molecule has 2 N–H and O–H groups in total. The third kappa shape index (κ3) is 7.82. The van der Waals surface area contributed by atoms with Crippen molar-refractivity contribution in [2.45, 2.75) is 39.3 Å². The topological polar surface area (TPSA) is 85.2 Å². The number of carbonyl (C=O) groups excluding carboxylic acids is 2. The Morgan fingerprint density at radius 3 is 2.64 bits per heavy atom. The van der Waals surface area contributed by atoms with E-state index in [0.717, 1.165) is 32.8 Å². The fourth-order valence-corrected chi connectivity index (χ4v) is 3.02. The van der Waals surface area contributed by atoms with E-state index >= 15 is 0 Å². The van der Waals surface area contributed by atoms with Crippen LogP contribution in [0.5, 0.6) is 0 Å². The van der Waals surface area contributed by atoms with Crippen LogP contribution >= 0.6 is 0 Å². The van der Waals surface area contributed by atoms with E-state index in [9.17, 15) is 9.59 Å². The highest BCUT2D eigenvalue weighted by molar-refractivity contribution is 5.92. The fraction of sp³-hybridized carbons (Fsp3) is 0.650. The lowest BCUT2D eigenvalue weighted by atomic mass is 10.2. The number of nitrogens with zero attached hydrogens (tertiary/aromatic N) is 2. The Morgan fingerprint density at radius 1 is 1.32 bits per heavy atom. The zero-order chi connectivity index (χ0) is 20.6. The second-order valence-corrected chi connectivity index (χ2v) is 8.13. The molecule has 2 amide bonds. The number of ether oxygens (including phenoxy) is 2. The van der Waals surface area contributed by atoms with E-state index in [1.807, 2.05) is 27.7 Å². The van der Waals surface area contributed by atoms with Gasteiger partial charge in [-0.2, -0.15) is 0 Å². The van der Waals surface area contributed by atoms with Crippen molar-refractivity contribution in [3.8, 4) is 0 Å². The van der Waals surface area contributed by atoms with E-state index in [4.69, 9.17) is 9.47 Å². The second kappa shape index (κ2) is 10.4. The minimum absolute atomic E-state index is 0.133. The number of amides is 2. The quantitative estimate of drug-likeness (QED) is 0.698. The molecule has 0 unspecified atom stereocenters. The lowest BCUT2D eigenvalue weighted by Gasteiger charge is -2.30. The lowest BCUT2D eigenvalue weighted by molar-refractivity contribution is -0.907. The molecular formula is C20H33N4O4+. The molecule has 28 heavy (non-hydrogen) atoms. The van der Waals surface area contributed by atoms with Crippen molar-refractivity contribution in [2.75, 3.05) is 45.9 Å². The minimum Gasteiger partial charge on any atom is -0.444 e. The Hall–Kier alpha value is -2.19. The van der Waals surface area contributed by atoms with Gasteiger partial charge in [-0.3, -0.25) is 9.78 Å². The van der Waals surface area contributed by atoms with Crippen molar-refractivity contribution < 1.29 is 24.0 Å². The van der Waals surface area contributed by atoms with E-state index in [1.165, 1.54) is 4.90 Å². The van der Waals surface area contributed by atoms with Crippen LogP contribution in [0, 0.1) is 0 Å². The standard InChI is InChI=1S/C20H32N4O4/c1-16(22-19(26)28-20(2,3)4)15-24(10-9-23-11-13-27-14-12-23)18(25)17-7-5-6-8-21-17/h5-8,16H,9-15H2,1-4H3,(H,22,26)/p+1/t16-/m1/s1. The second-order valence-electron chi connectivity index (χ2n) is 8.13. The molecule has 0 spiro atoms. The third-order valence-corrected chi connectivity index (χ3v) is 4.36. The monoisotopic (exact) mass is 393 g/mol. The van der Waals surface area contributed by atoms with Crippen molar-refractivity contribution in [3.63, 3.8) is 0 Å². The predicted octanol–water partition coefficient (Wildman–Crippen LogP) is 0.352. The highest BCUT2D eigenvalue weighted by atomic mass is 16.6. The molecule has 1 aromatic rings.